The fraction of sp³-hybridized carbons (Fsp3) is 0.462. The van der Waals surface area contributed by atoms with Crippen LogP contribution in [0.1, 0.15) is 17.5 Å². The number of hydrogen-bond acceptors (Lipinski definition) is 3. The van der Waals surface area contributed by atoms with Crippen LogP contribution in [0.5, 0.6) is 5.75 Å². The van der Waals surface area contributed by atoms with Crippen molar-refractivity contribution in [2.24, 2.45) is 0 Å². The highest BCUT2D eigenvalue weighted by Gasteiger charge is 2.05. The van der Waals surface area contributed by atoms with E-state index in [4.69, 9.17) is 9.84 Å². The fourth-order valence-corrected chi connectivity index (χ4v) is 1.70. The van der Waals surface area contributed by atoms with E-state index >= 15 is 0 Å². The summed E-state index contributed by atoms with van der Waals surface area (Å²) < 4.78 is 5.22. The lowest BCUT2D eigenvalue weighted by Crippen LogP contribution is -2.11. The topological polar surface area (TPSA) is 49.8 Å². The van der Waals surface area contributed by atoms with Crippen LogP contribution in [0.4, 0.5) is 0 Å². The van der Waals surface area contributed by atoms with Crippen LogP contribution in [-0.4, -0.2) is 37.2 Å². The highest BCUT2D eigenvalue weighted by molar-refractivity contribution is 5.67. The summed E-state index contributed by atoms with van der Waals surface area (Å²) in [7, 11) is 5.61. The predicted molar refractivity (Wildman–Crippen MR) is 66.3 cm³/mol. The molecule has 0 aliphatic heterocycles. The second kappa shape index (κ2) is 6.25. The molecule has 0 atom stereocenters. The minimum absolute atomic E-state index is 0.147. The molecule has 0 unspecified atom stereocenters. The molecule has 4 nitrogen and oxygen atoms in total. The minimum Gasteiger partial charge on any atom is -0.497 e. The first-order valence-electron chi connectivity index (χ1n) is 5.54. The smallest absolute Gasteiger partial charge is 0.303 e. The molecule has 0 aromatic heterocycles. The van der Waals surface area contributed by atoms with E-state index in [1.807, 2.05) is 32.3 Å². The lowest BCUT2D eigenvalue weighted by Gasteiger charge is -2.12. The van der Waals surface area contributed by atoms with E-state index in [-0.39, 0.29) is 6.42 Å². The number of carbonyl (C=O) groups is 1. The standard InChI is InChI=1S/C13H19NO3/c1-14(2)9-11-6-10(4-5-13(15)16)7-12(8-11)17-3/h6-8H,4-5,9H2,1-3H3,(H,15,16). The number of hydrogen-bond donors (Lipinski definition) is 1. The maximum absolute atomic E-state index is 10.6. The number of methoxy groups -OCH3 is 1. The molecule has 1 rings (SSSR count). The zero-order chi connectivity index (χ0) is 12.8. The molecule has 0 aliphatic rings. The van der Waals surface area contributed by atoms with Gasteiger partial charge in [0, 0.05) is 13.0 Å². The number of rotatable bonds is 6. The number of carboxylic acids is 1. The van der Waals surface area contributed by atoms with Crippen molar-refractivity contribution in [1.29, 1.82) is 0 Å². The second-order valence-corrected chi connectivity index (χ2v) is 4.32. The lowest BCUT2D eigenvalue weighted by atomic mass is 10.1. The Morgan fingerprint density at radius 2 is 1.94 bits per heavy atom. The summed E-state index contributed by atoms with van der Waals surface area (Å²) >= 11 is 0. The van der Waals surface area contributed by atoms with Gasteiger partial charge in [0.25, 0.3) is 0 Å². The Bertz CT molecular complexity index is 388. The first-order chi connectivity index (χ1) is 8.01. The molecule has 0 fully saturated rings. The summed E-state index contributed by atoms with van der Waals surface area (Å²) in [6.45, 7) is 0.817. The number of aryl methyl sites for hydroxylation is 1. The summed E-state index contributed by atoms with van der Waals surface area (Å²) in [5.41, 5.74) is 2.14. The summed E-state index contributed by atoms with van der Waals surface area (Å²) in [6, 6.07) is 5.90. The summed E-state index contributed by atoms with van der Waals surface area (Å²) in [5.74, 6) is 0.00622. The van der Waals surface area contributed by atoms with Crippen molar-refractivity contribution < 1.29 is 14.6 Å². The average molecular weight is 237 g/mol. The van der Waals surface area contributed by atoms with Crippen molar-refractivity contribution in [1.82, 2.24) is 4.90 Å². The maximum Gasteiger partial charge on any atom is 0.303 e. The summed E-state index contributed by atoms with van der Waals surface area (Å²) in [4.78, 5) is 12.6. The van der Waals surface area contributed by atoms with Gasteiger partial charge in [-0.15, -0.1) is 0 Å². The maximum atomic E-state index is 10.6. The van der Waals surface area contributed by atoms with Gasteiger partial charge in [0.05, 0.1) is 7.11 Å². The van der Waals surface area contributed by atoms with Gasteiger partial charge in [-0.3, -0.25) is 4.79 Å². The Labute approximate surface area is 102 Å². The highest BCUT2D eigenvalue weighted by atomic mass is 16.5. The van der Waals surface area contributed by atoms with E-state index < -0.39 is 5.97 Å². The van der Waals surface area contributed by atoms with E-state index in [9.17, 15) is 4.79 Å². The van der Waals surface area contributed by atoms with Gasteiger partial charge in [0.15, 0.2) is 0 Å². The van der Waals surface area contributed by atoms with Crippen LogP contribution in [-0.2, 0) is 17.8 Å². The molecule has 0 radical (unpaired) electrons. The quantitative estimate of drug-likeness (QED) is 0.819. The molecule has 0 saturated carbocycles. The molecule has 0 bridgehead atoms. The van der Waals surface area contributed by atoms with Crippen molar-refractivity contribution in [3.05, 3.63) is 29.3 Å². The van der Waals surface area contributed by atoms with E-state index in [0.29, 0.717) is 6.42 Å². The van der Waals surface area contributed by atoms with Gasteiger partial charge >= 0.3 is 5.97 Å². The molecule has 1 N–H and O–H groups in total. The van der Waals surface area contributed by atoms with Crippen LogP contribution >= 0.6 is 0 Å². The van der Waals surface area contributed by atoms with Gasteiger partial charge in [0.2, 0.25) is 0 Å². The first-order valence-corrected chi connectivity index (χ1v) is 5.54. The third-order valence-electron chi connectivity index (χ3n) is 2.39. The Morgan fingerprint density at radius 1 is 1.29 bits per heavy atom. The Morgan fingerprint density at radius 3 is 2.47 bits per heavy atom. The minimum atomic E-state index is -0.776. The van der Waals surface area contributed by atoms with Crippen LogP contribution in [0, 0.1) is 0 Å². The van der Waals surface area contributed by atoms with Crippen molar-refractivity contribution in [3.63, 3.8) is 0 Å². The van der Waals surface area contributed by atoms with Gasteiger partial charge in [-0.05, 0) is 43.8 Å². The molecule has 0 spiro atoms. The molecule has 1 aromatic rings. The fourth-order valence-electron chi connectivity index (χ4n) is 1.70. The van der Waals surface area contributed by atoms with E-state index in [0.717, 1.165) is 23.4 Å². The van der Waals surface area contributed by atoms with Crippen LogP contribution in [0.15, 0.2) is 18.2 Å². The number of carboxylic acid groups (broad SMARTS) is 1. The molecule has 0 amide bonds. The monoisotopic (exact) mass is 237 g/mol. The van der Waals surface area contributed by atoms with E-state index in [2.05, 4.69) is 4.90 Å². The second-order valence-electron chi connectivity index (χ2n) is 4.32. The molecule has 4 heteroatoms. The SMILES string of the molecule is COc1cc(CCC(=O)O)cc(CN(C)C)c1. The predicted octanol–water partition coefficient (Wildman–Crippen LogP) is 1.77. The van der Waals surface area contributed by atoms with Gasteiger partial charge in [-0.25, -0.2) is 0 Å². The Kier molecular flexibility index (Phi) is 4.97. The van der Waals surface area contributed by atoms with Crippen molar-refractivity contribution >= 4 is 5.97 Å². The molecule has 0 saturated heterocycles. The zero-order valence-electron chi connectivity index (χ0n) is 10.6. The molecule has 17 heavy (non-hydrogen) atoms. The van der Waals surface area contributed by atoms with Gasteiger partial charge < -0.3 is 14.7 Å². The van der Waals surface area contributed by atoms with E-state index in [1.165, 1.54) is 0 Å². The average Bonchev–Trinajstić information content (AvgIpc) is 2.25. The zero-order valence-corrected chi connectivity index (χ0v) is 10.6. The van der Waals surface area contributed by atoms with Gasteiger partial charge in [-0.2, -0.15) is 0 Å². The number of nitrogens with zero attached hydrogens (tertiary/aromatic N) is 1. The van der Waals surface area contributed by atoms with Crippen LogP contribution in [0.3, 0.4) is 0 Å². The molecule has 0 aliphatic carbocycles. The Hall–Kier alpha value is -1.55. The van der Waals surface area contributed by atoms with Crippen molar-refractivity contribution in [3.8, 4) is 5.75 Å². The third-order valence-corrected chi connectivity index (χ3v) is 2.39. The van der Waals surface area contributed by atoms with Gasteiger partial charge in [-0.1, -0.05) is 6.07 Å². The van der Waals surface area contributed by atoms with Crippen molar-refractivity contribution in [2.75, 3.05) is 21.2 Å². The van der Waals surface area contributed by atoms with Crippen molar-refractivity contribution in [2.45, 2.75) is 19.4 Å². The summed E-state index contributed by atoms with van der Waals surface area (Å²) in [6.07, 6.45) is 0.682. The molecular weight excluding hydrogens is 218 g/mol. The lowest BCUT2D eigenvalue weighted by molar-refractivity contribution is -0.136. The molecular formula is C13H19NO3. The molecule has 94 valence electrons. The van der Waals surface area contributed by atoms with E-state index in [1.54, 1.807) is 7.11 Å². The first kappa shape index (κ1) is 13.5. The summed E-state index contributed by atoms with van der Waals surface area (Å²) in [5, 5.41) is 8.68. The Balaban J connectivity index is 2.84. The number of ether oxygens (including phenoxy) is 1. The van der Waals surface area contributed by atoms with Gasteiger partial charge in [0.1, 0.15) is 5.75 Å². The normalized spacial score (nSPS) is 10.6. The largest absolute Gasteiger partial charge is 0.497 e. The highest BCUT2D eigenvalue weighted by Crippen LogP contribution is 2.19. The number of aliphatic carboxylic acids is 1. The molecule has 1 aromatic carbocycles. The van der Waals surface area contributed by atoms with Crippen LogP contribution in [0.2, 0.25) is 0 Å². The third kappa shape index (κ3) is 4.87. The van der Waals surface area contributed by atoms with Crippen LogP contribution < -0.4 is 4.74 Å². The molecule has 0 heterocycles. The van der Waals surface area contributed by atoms with Crippen LogP contribution in [0.25, 0.3) is 0 Å². The number of benzene rings is 1.